The molecule has 90 valence electrons. The van der Waals surface area contributed by atoms with E-state index in [1.165, 1.54) is 7.05 Å². The van der Waals surface area contributed by atoms with Crippen molar-refractivity contribution < 1.29 is 18.1 Å². The van der Waals surface area contributed by atoms with E-state index in [2.05, 4.69) is 15.0 Å². The zero-order valence-electron chi connectivity index (χ0n) is 8.26. The minimum Gasteiger partial charge on any atom is -0.390 e. The highest BCUT2D eigenvalue weighted by molar-refractivity contribution is 5.74. The molecule has 0 amide bonds. The molecule has 2 rings (SSSR count). The molecule has 0 aliphatic carbocycles. The molecular weight excluding hydrogens is 243 g/mol. The predicted molar refractivity (Wildman–Crippen MR) is 48.0 cm³/mol. The quantitative estimate of drug-likeness (QED) is 0.559. The number of hydrogen-bond donors (Lipinski definition) is 0. The van der Waals surface area contributed by atoms with Gasteiger partial charge < -0.3 is 14.7 Å². The summed E-state index contributed by atoms with van der Waals surface area (Å²) in [5.74, 6) is -1.10. The molecule has 0 aliphatic heterocycles. The van der Waals surface area contributed by atoms with Crippen LogP contribution in [0.3, 0.4) is 0 Å². The molecule has 10 heteroatoms. The number of rotatable bonds is 1. The van der Waals surface area contributed by atoms with Gasteiger partial charge in [0, 0.05) is 7.05 Å². The molecule has 0 aliphatic rings. The second-order valence-corrected chi connectivity index (χ2v) is 3.15. The van der Waals surface area contributed by atoms with E-state index in [1.54, 1.807) is 0 Å². The third-order valence-electron chi connectivity index (χ3n) is 1.98. The van der Waals surface area contributed by atoms with E-state index in [9.17, 15) is 23.3 Å². The largest absolute Gasteiger partial charge is 0.471 e. The summed E-state index contributed by atoms with van der Waals surface area (Å²) in [5, 5.41) is 10.4. The van der Waals surface area contributed by atoms with Gasteiger partial charge in [-0.3, -0.25) is 0 Å². The number of aromatic nitrogens is 4. The average Bonchev–Trinajstić information content (AvgIpc) is 2.58. The van der Waals surface area contributed by atoms with Gasteiger partial charge >= 0.3 is 12.1 Å². The minimum absolute atomic E-state index is 0.237. The molecule has 17 heavy (non-hydrogen) atoms. The van der Waals surface area contributed by atoms with E-state index in [1.807, 2.05) is 0 Å². The van der Waals surface area contributed by atoms with Crippen molar-refractivity contribution in [3.8, 4) is 0 Å². The van der Waals surface area contributed by atoms with Crippen LogP contribution in [0.1, 0.15) is 5.69 Å². The van der Waals surface area contributed by atoms with E-state index < -0.39 is 28.3 Å². The summed E-state index contributed by atoms with van der Waals surface area (Å²) in [4.78, 5) is 19.1. The molecule has 0 bridgehead atoms. The Kier molecular flexibility index (Phi) is 2.22. The first-order chi connectivity index (χ1) is 7.80. The van der Waals surface area contributed by atoms with Crippen molar-refractivity contribution in [2.45, 2.75) is 6.18 Å². The Bertz CT molecular complexity index is 605. The van der Waals surface area contributed by atoms with Crippen LogP contribution in [0.5, 0.6) is 0 Å². The fourth-order valence-corrected chi connectivity index (χ4v) is 1.27. The molecule has 0 saturated heterocycles. The van der Waals surface area contributed by atoms with Crippen LogP contribution in [0.25, 0.3) is 11.2 Å². The van der Waals surface area contributed by atoms with Gasteiger partial charge in [0.1, 0.15) is 0 Å². The molecule has 0 radical (unpaired) electrons. The molecular formula is C7H4F3N5O2. The second kappa shape index (κ2) is 3.37. The lowest BCUT2D eigenvalue weighted by Gasteiger charge is -2.02. The number of aryl methyl sites for hydroxylation is 1. The first-order valence-electron chi connectivity index (χ1n) is 4.21. The second-order valence-electron chi connectivity index (χ2n) is 3.15. The number of fused-ring (bicyclic) bond motifs is 1. The van der Waals surface area contributed by atoms with E-state index in [0.29, 0.717) is 0 Å². The van der Waals surface area contributed by atoms with Crippen LogP contribution >= 0.6 is 0 Å². The Morgan fingerprint density at radius 1 is 1.41 bits per heavy atom. The van der Waals surface area contributed by atoms with Crippen molar-refractivity contribution in [1.82, 2.24) is 19.5 Å². The number of halogens is 3. The highest BCUT2D eigenvalue weighted by Gasteiger charge is 2.41. The normalized spacial score (nSPS) is 12.0. The van der Waals surface area contributed by atoms with E-state index >= 15 is 0 Å². The van der Waals surface area contributed by atoms with Crippen LogP contribution in [0, 0.1) is 10.1 Å². The van der Waals surface area contributed by atoms with Gasteiger partial charge in [-0.05, 0) is 9.91 Å². The summed E-state index contributed by atoms with van der Waals surface area (Å²) >= 11 is 0. The third-order valence-corrected chi connectivity index (χ3v) is 1.98. The maximum atomic E-state index is 12.6. The topological polar surface area (TPSA) is 86.7 Å². The van der Waals surface area contributed by atoms with Crippen LogP contribution in [0.15, 0.2) is 6.33 Å². The predicted octanol–water partition coefficient (Wildman–Crippen LogP) is 1.29. The maximum absolute atomic E-state index is 12.6. The van der Waals surface area contributed by atoms with Gasteiger partial charge in [0.15, 0.2) is 5.52 Å². The smallest absolute Gasteiger partial charge is 0.390 e. The van der Waals surface area contributed by atoms with Crippen LogP contribution < -0.4 is 0 Å². The lowest BCUT2D eigenvalue weighted by atomic mass is 10.3. The fourth-order valence-electron chi connectivity index (χ4n) is 1.27. The van der Waals surface area contributed by atoms with Crippen LogP contribution in [0.2, 0.25) is 0 Å². The number of hydrogen-bond acceptors (Lipinski definition) is 5. The van der Waals surface area contributed by atoms with Crippen molar-refractivity contribution in [2.75, 3.05) is 0 Å². The molecule has 0 aromatic carbocycles. The van der Waals surface area contributed by atoms with Crippen molar-refractivity contribution in [3.05, 3.63) is 22.1 Å². The summed E-state index contributed by atoms with van der Waals surface area (Å²) in [6.07, 6.45) is -3.74. The number of imidazole rings is 1. The first kappa shape index (κ1) is 11.2. The lowest BCUT2D eigenvalue weighted by molar-refractivity contribution is -0.394. The van der Waals surface area contributed by atoms with Gasteiger partial charge in [-0.2, -0.15) is 13.2 Å². The highest BCUT2D eigenvalue weighted by Crippen LogP contribution is 2.32. The zero-order valence-corrected chi connectivity index (χ0v) is 8.26. The molecule has 0 unspecified atom stereocenters. The molecule has 0 fully saturated rings. The monoisotopic (exact) mass is 247 g/mol. The van der Waals surface area contributed by atoms with Crippen molar-refractivity contribution in [3.63, 3.8) is 0 Å². The molecule has 2 aromatic heterocycles. The Hall–Kier alpha value is -2.26. The van der Waals surface area contributed by atoms with Gasteiger partial charge in [-0.1, -0.05) is 4.98 Å². The summed E-state index contributed by atoms with van der Waals surface area (Å²) < 4.78 is 39.0. The highest BCUT2D eigenvalue weighted by atomic mass is 19.4. The standard InChI is InChI=1S/C7H4F3N5O2/c1-14-2-11-3-4(7(8,9)10)12-6(15(16)17)13-5(3)14/h2H,1H3. The molecule has 0 atom stereocenters. The first-order valence-corrected chi connectivity index (χ1v) is 4.21. The van der Waals surface area contributed by atoms with Crippen molar-refractivity contribution in [1.29, 1.82) is 0 Å². The molecule has 0 saturated carbocycles. The summed E-state index contributed by atoms with van der Waals surface area (Å²) in [5.41, 5.74) is -2.15. The molecule has 0 spiro atoms. The lowest BCUT2D eigenvalue weighted by Crippen LogP contribution is -2.12. The van der Waals surface area contributed by atoms with Crippen molar-refractivity contribution in [2.24, 2.45) is 7.05 Å². The van der Waals surface area contributed by atoms with Gasteiger partial charge in [0.2, 0.25) is 5.65 Å². The summed E-state index contributed by atoms with van der Waals surface area (Å²) in [7, 11) is 1.38. The summed E-state index contributed by atoms with van der Waals surface area (Å²) in [6, 6.07) is 0. The fraction of sp³-hybridized carbons (Fsp3) is 0.286. The molecule has 2 aromatic rings. The Morgan fingerprint density at radius 3 is 2.59 bits per heavy atom. The van der Waals surface area contributed by atoms with Gasteiger partial charge in [-0.15, -0.1) is 0 Å². The van der Waals surface area contributed by atoms with Crippen LogP contribution in [0.4, 0.5) is 19.1 Å². The van der Waals surface area contributed by atoms with Gasteiger partial charge in [-0.25, -0.2) is 4.98 Å². The van der Waals surface area contributed by atoms with E-state index in [0.717, 1.165) is 10.9 Å². The zero-order chi connectivity index (χ0) is 12.8. The molecule has 0 N–H and O–H groups in total. The average molecular weight is 247 g/mol. The Morgan fingerprint density at radius 2 is 2.06 bits per heavy atom. The van der Waals surface area contributed by atoms with Crippen LogP contribution in [-0.2, 0) is 13.2 Å². The summed E-state index contributed by atoms with van der Waals surface area (Å²) in [6.45, 7) is 0. The van der Waals surface area contributed by atoms with Crippen LogP contribution in [-0.4, -0.2) is 24.4 Å². The maximum Gasteiger partial charge on any atom is 0.471 e. The van der Waals surface area contributed by atoms with E-state index in [-0.39, 0.29) is 5.65 Å². The van der Waals surface area contributed by atoms with Crippen molar-refractivity contribution >= 4 is 17.1 Å². The Balaban J connectivity index is 2.85. The minimum atomic E-state index is -4.82. The molecule has 2 heterocycles. The van der Waals surface area contributed by atoms with Gasteiger partial charge in [0.25, 0.3) is 5.69 Å². The number of alkyl halides is 3. The number of nitro groups is 1. The Labute approximate surface area is 91.1 Å². The SMILES string of the molecule is Cn1cnc2c(C(F)(F)F)nc([N+](=O)[O-])nc21. The van der Waals surface area contributed by atoms with E-state index in [4.69, 9.17) is 0 Å². The molecule has 7 nitrogen and oxygen atoms in total. The van der Waals surface area contributed by atoms with Gasteiger partial charge in [0.05, 0.1) is 6.33 Å². The third kappa shape index (κ3) is 1.77. The number of nitrogens with zero attached hydrogens (tertiary/aromatic N) is 5.